The van der Waals surface area contributed by atoms with Crippen molar-refractivity contribution in [3.63, 3.8) is 0 Å². The summed E-state index contributed by atoms with van der Waals surface area (Å²) in [6.07, 6.45) is 0.428. The van der Waals surface area contributed by atoms with Gasteiger partial charge in [-0.25, -0.2) is 0 Å². The van der Waals surface area contributed by atoms with Gasteiger partial charge < -0.3 is 15.4 Å². The first-order valence-electron chi connectivity index (χ1n) is 9.12. The van der Waals surface area contributed by atoms with Crippen molar-refractivity contribution in [2.45, 2.75) is 19.0 Å². The molecule has 5 nitrogen and oxygen atoms in total. The van der Waals surface area contributed by atoms with Crippen molar-refractivity contribution in [2.75, 3.05) is 0 Å². The van der Waals surface area contributed by atoms with Crippen LogP contribution in [0.3, 0.4) is 0 Å². The number of rotatable bonds is 4. The van der Waals surface area contributed by atoms with Crippen molar-refractivity contribution in [1.82, 2.24) is 4.90 Å². The molecule has 140 valence electrons. The van der Waals surface area contributed by atoms with Crippen molar-refractivity contribution < 1.29 is 14.3 Å². The number of ether oxygens (including phenoxy) is 1. The fourth-order valence-corrected chi connectivity index (χ4v) is 3.47. The average Bonchev–Trinajstić information content (AvgIpc) is 2.73. The second-order valence-electron chi connectivity index (χ2n) is 6.77. The molecule has 3 aromatic rings. The lowest BCUT2D eigenvalue weighted by Gasteiger charge is -2.35. The van der Waals surface area contributed by atoms with Gasteiger partial charge in [-0.15, -0.1) is 0 Å². The first-order valence-corrected chi connectivity index (χ1v) is 9.12. The monoisotopic (exact) mass is 372 g/mol. The van der Waals surface area contributed by atoms with Crippen LogP contribution in [-0.2, 0) is 17.8 Å². The predicted molar refractivity (Wildman–Crippen MR) is 106 cm³/mol. The molecule has 1 heterocycles. The number of hydrogen-bond acceptors (Lipinski definition) is 3. The van der Waals surface area contributed by atoms with E-state index in [1.807, 2.05) is 54.6 Å². The minimum atomic E-state index is -0.666. The Kier molecular flexibility index (Phi) is 4.81. The SMILES string of the molecule is NC(=O)[C@@H]1Cc2ccccc2CN1C(=O)c1cccc(Oc2ccccc2)c1. The number of para-hydroxylation sites is 1. The molecule has 4 rings (SSSR count). The molecule has 3 aromatic carbocycles. The summed E-state index contributed by atoms with van der Waals surface area (Å²) < 4.78 is 5.82. The third-order valence-electron chi connectivity index (χ3n) is 4.90. The van der Waals surface area contributed by atoms with Gasteiger partial charge in [0.25, 0.3) is 5.91 Å². The highest BCUT2D eigenvalue weighted by atomic mass is 16.5. The van der Waals surface area contributed by atoms with E-state index in [1.54, 1.807) is 29.2 Å². The van der Waals surface area contributed by atoms with Crippen molar-refractivity contribution >= 4 is 11.8 Å². The van der Waals surface area contributed by atoms with Gasteiger partial charge in [-0.2, -0.15) is 0 Å². The zero-order valence-electron chi connectivity index (χ0n) is 15.2. The van der Waals surface area contributed by atoms with E-state index < -0.39 is 11.9 Å². The van der Waals surface area contributed by atoms with Crippen molar-refractivity contribution in [2.24, 2.45) is 5.73 Å². The highest BCUT2D eigenvalue weighted by Gasteiger charge is 2.33. The molecule has 0 fully saturated rings. The summed E-state index contributed by atoms with van der Waals surface area (Å²) in [5.41, 5.74) is 8.15. The summed E-state index contributed by atoms with van der Waals surface area (Å²) in [6, 6.07) is 23.5. The fourth-order valence-electron chi connectivity index (χ4n) is 3.47. The molecular weight excluding hydrogens is 352 g/mol. The molecule has 0 aliphatic carbocycles. The van der Waals surface area contributed by atoms with Gasteiger partial charge in [0, 0.05) is 18.5 Å². The van der Waals surface area contributed by atoms with E-state index in [2.05, 4.69) is 0 Å². The van der Waals surface area contributed by atoms with Gasteiger partial charge in [0.2, 0.25) is 5.91 Å². The number of nitrogens with zero attached hydrogens (tertiary/aromatic N) is 1. The van der Waals surface area contributed by atoms with E-state index in [1.165, 1.54) is 0 Å². The van der Waals surface area contributed by atoms with Crippen LogP contribution in [0.2, 0.25) is 0 Å². The summed E-state index contributed by atoms with van der Waals surface area (Å²) in [5, 5.41) is 0. The van der Waals surface area contributed by atoms with Crippen molar-refractivity contribution in [1.29, 1.82) is 0 Å². The number of benzene rings is 3. The second-order valence-corrected chi connectivity index (χ2v) is 6.77. The van der Waals surface area contributed by atoms with Gasteiger partial charge in [0.1, 0.15) is 17.5 Å². The Morgan fingerprint density at radius 2 is 1.54 bits per heavy atom. The van der Waals surface area contributed by atoms with Crippen LogP contribution in [0.4, 0.5) is 0 Å². The number of nitrogens with two attached hydrogens (primary N) is 1. The topological polar surface area (TPSA) is 72.6 Å². The van der Waals surface area contributed by atoms with E-state index in [0.29, 0.717) is 30.0 Å². The first kappa shape index (κ1) is 17.8. The smallest absolute Gasteiger partial charge is 0.254 e. The van der Waals surface area contributed by atoms with Gasteiger partial charge in [-0.05, 0) is 41.5 Å². The lowest BCUT2D eigenvalue weighted by atomic mass is 9.93. The summed E-state index contributed by atoms with van der Waals surface area (Å²) in [6.45, 7) is 0.354. The maximum atomic E-state index is 13.2. The van der Waals surface area contributed by atoms with Crippen molar-refractivity contribution in [3.05, 3.63) is 95.6 Å². The molecule has 0 unspecified atom stereocenters. The molecule has 0 aromatic heterocycles. The molecule has 28 heavy (non-hydrogen) atoms. The average molecular weight is 372 g/mol. The summed E-state index contributed by atoms with van der Waals surface area (Å²) in [5.74, 6) is 0.510. The number of hydrogen-bond donors (Lipinski definition) is 1. The Balaban J connectivity index is 1.61. The maximum absolute atomic E-state index is 13.2. The molecule has 2 amide bonds. The molecule has 1 atom stereocenters. The Morgan fingerprint density at radius 3 is 2.29 bits per heavy atom. The van der Waals surface area contributed by atoms with Crippen molar-refractivity contribution in [3.8, 4) is 11.5 Å². The molecule has 1 aliphatic rings. The second kappa shape index (κ2) is 7.56. The van der Waals surface area contributed by atoms with Gasteiger partial charge in [-0.1, -0.05) is 48.5 Å². The zero-order valence-corrected chi connectivity index (χ0v) is 15.2. The molecule has 0 spiro atoms. The highest BCUT2D eigenvalue weighted by Crippen LogP contribution is 2.27. The minimum absolute atomic E-state index is 0.239. The van der Waals surface area contributed by atoms with Gasteiger partial charge >= 0.3 is 0 Å². The number of primary amides is 1. The Hall–Kier alpha value is -3.60. The zero-order chi connectivity index (χ0) is 19.5. The van der Waals surface area contributed by atoms with E-state index in [-0.39, 0.29) is 5.91 Å². The van der Waals surface area contributed by atoms with Gasteiger partial charge in [0.05, 0.1) is 0 Å². The predicted octanol–water partition coefficient (Wildman–Crippen LogP) is 3.53. The Labute approximate surface area is 163 Å². The number of amides is 2. The number of fused-ring (bicyclic) bond motifs is 1. The van der Waals surface area contributed by atoms with Crippen LogP contribution < -0.4 is 10.5 Å². The van der Waals surface area contributed by atoms with Crippen LogP contribution in [0.5, 0.6) is 11.5 Å². The molecule has 2 N–H and O–H groups in total. The standard InChI is InChI=1S/C23H20N2O3/c24-22(26)21-14-16-7-4-5-8-18(16)15-25(21)23(27)17-9-6-12-20(13-17)28-19-10-2-1-3-11-19/h1-13,21H,14-15H2,(H2,24,26)/t21-/m0/s1. The third-order valence-corrected chi connectivity index (χ3v) is 4.90. The van der Waals surface area contributed by atoms with E-state index in [4.69, 9.17) is 10.5 Å². The van der Waals surface area contributed by atoms with Crippen LogP contribution in [0.25, 0.3) is 0 Å². The van der Waals surface area contributed by atoms with Crippen LogP contribution >= 0.6 is 0 Å². The van der Waals surface area contributed by atoms with Crippen LogP contribution in [0.1, 0.15) is 21.5 Å². The molecule has 0 radical (unpaired) electrons. The lowest BCUT2D eigenvalue weighted by molar-refractivity contribution is -0.122. The third kappa shape index (κ3) is 3.60. The fraction of sp³-hybridized carbons (Fsp3) is 0.130. The van der Waals surface area contributed by atoms with E-state index in [9.17, 15) is 9.59 Å². The number of carbonyl (C=O) groups is 2. The van der Waals surface area contributed by atoms with Crippen LogP contribution in [0.15, 0.2) is 78.9 Å². The minimum Gasteiger partial charge on any atom is -0.457 e. The van der Waals surface area contributed by atoms with Gasteiger partial charge in [0.15, 0.2) is 0 Å². The summed E-state index contributed by atoms with van der Waals surface area (Å²) in [4.78, 5) is 26.8. The molecule has 0 bridgehead atoms. The van der Waals surface area contributed by atoms with Gasteiger partial charge in [-0.3, -0.25) is 9.59 Å². The van der Waals surface area contributed by atoms with Crippen LogP contribution in [0, 0.1) is 0 Å². The largest absolute Gasteiger partial charge is 0.457 e. The van der Waals surface area contributed by atoms with Crippen LogP contribution in [-0.4, -0.2) is 22.8 Å². The first-order chi connectivity index (χ1) is 13.6. The molecule has 5 heteroatoms. The normalized spacial score (nSPS) is 15.6. The molecule has 1 aliphatic heterocycles. The maximum Gasteiger partial charge on any atom is 0.254 e. The highest BCUT2D eigenvalue weighted by molar-refractivity contribution is 5.98. The Morgan fingerprint density at radius 1 is 0.857 bits per heavy atom. The molecule has 0 saturated heterocycles. The quantitative estimate of drug-likeness (QED) is 0.761. The molecular formula is C23H20N2O3. The summed E-state index contributed by atoms with van der Waals surface area (Å²) in [7, 11) is 0. The number of carbonyl (C=O) groups excluding carboxylic acids is 2. The Bertz CT molecular complexity index is 1020. The van der Waals surface area contributed by atoms with E-state index >= 15 is 0 Å². The lowest BCUT2D eigenvalue weighted by Crippen LogP contribution is -2.51. The molecule has 0 saturated carbocycles. The summed E-state index contributed by atoms with van der Waals surface area (Å²) >= 11 is 0. The van der Waals surface area contributed by atoms with E-state index in [0.717, 1.165) is 11.1 Å².